The first kappa shape index (κ1) is 11.8. The van der Waals surface area contributed by atoms with Crippen LogP contribution in [-0.2, 0) is 0 Å². The van der Waals surface area contributed by atoms with Crippen LogP contribution in [0.15, 0.2) is 0 Å². The Balaban J connectivity index is 3.09. The fraction of sp³-hybridized carbons (Fsp3) is 1.00. The standard InChI is InChI=1S/C6H14N2O6/c7-5(13)2(10)1(9)3(11)6(8,14)4(5)12/h1-4,9-14H,7-8H2/t1?,2-,3-,4?,5+,6+/m1/s1. The molecule has 0 spiro atoms. The Morgan fingerprint density at radius 2 is 1.07 bits per heavy atom. The van der Waals surface area contributed by atoms with Crippen molar-refractivity contribution in [2.45, 2.75) is 35.9 Å². The first-order chi connectivity index (χ1) is 6.13. The molecule has 8 nitrogen and oxygen atoms in total. The van der Waals surface area contributed by atoms with Gasteiger partial charge in [-0.2, -0.15) is 0 Å². The van der Waals surface area contributed by atoms with Gasteiger partial charge in [-0.3, -0.25) is 11.5 Å². The zero-order valence-electron chi connectivity index (χ0n) is 7.15. The zero-order chi connectivity index (χ0) is 11.3. The van der Waals surface area contributed by atoms with Gasteiger partial charge in [0, 0.05) is 0 Å². The molecule has 1 aliphatic carbocycles. The smallest absolute Gasteiger partial charge is 0.172 e. The van der Waals surface area contributed by atoms with Crippen molar-refractivity contribution < 1.29 is 30.6 Å². The molecule has 0 aromatic rings. The molecule has 1 saturated carbocycles. The van der Waals surface area contributed by atoms with E-state index in [1.807, 2.05) is 0 Å². The summed E-state index contributed by atoms with van der Waals surface area (Å²) >= 11 is 0. The minimum absolute atomic E-state index is 1.96. The molecular formula is C6H14N2O6. The molecule has 84 valence electrons. The molecule has 0 aliphatic heterocycles. The van der Waals surface area contributed by atoms with Crippen LogP contribution in [-0.4, -0.2) is 66.5 Å². The van der Waals surface area contributed by atoms with Crippen molar-refractivity contribution in [1.82, 2.24) is 0 Å². The predicted molar refractivity (Wildman–Crippen MR) is 42.3 cm³/mol. The second-order valence-corrected chi connectivity index (χ2v) is 3.56. The fourth-order valence-corrected chi connectivity index (χ4v) is 1.41. The molecule has 0 saturated heterocycles. The van der Waals surface area contributed by atoms with Gasteiger partial charge in [0.15, 0.2) is 11.4 Å². The maximum absolute atomic E-state index is 9.30. The molecule has 0 aromatic carbocycles. The zero-order valence-corrected chi connectivity index (χ0v) is 7.15. The van der Waals surface area contributed by atoms with Crippen LogP contribution < -0.4 is 11.5 Å². The molecule has 4 atom stereocenters. The Labute approximate surface area is 79.0 Å². The van der Waals surface area contributed by atoms with E-state index >= 15 is 0 Å². The monoisotopic (exact) mass is 210 g/mol. The van der Waals surface area contributed by atoms with Crippen LogP contribution in [0.2, 0.25) is 0 Å². The molecule has 14 heavy (non-hydrogen) atoms. The third kappa shape index (κ3) is 1.33. The topological polar surface area (TPSA) is 173 Å². The molecule has 0 amide bonds. The van der Waals surface area contributed by atoms with Crippen LogP contribution in [0.4, 0.5) is 0 Å². The van der Waals surface area contributed by atoms with Crippen molar-refractivity contribution in [2.75, 3.05) is 0 Å². The van der Waals surface area contributed by atoms with Crippen molar-refractivity contribution in [3.05, 3.63) is 0 Å². The van der Waals surface area contributed by atoms with Gasteiger partial charge in [0.1, 0.15) is 24.4 Å². The van der Waals surface area contributed by atoms with Gasteiger partial charge in [-0.25, -0.2) is 0 Å². The molecule has 1 fully saturated rings. The van der Waals surface area contributed by atoms with Crippen molar-refractivity contribution >= 4 is 0 Å². The fourth-order valence-electron chi connectivity index (χ4n) is 1.41. The van der Waals surface area contributed by atoms with Gasteiger partial charge in [-0.1, -0.05) is 0 Å². The van der Waals surface area contributed by atoms with E-state index in [2.05, 4.69) is 0 Å². The Hall–Kier alpha value is -0.320. The maximum atomic E-state index is 9.30. The van der Waals surface area contributed by atoms with Gasteiger partial charge in [0.25, 0.3) is 0 Å². The molecule has 10 N–H and O–H groups in total. The summed E-state index contributed by atoms with van der Waals surface area (Å²) in [5.41, 5.74) is 4.69. The maximum Gasteiger partial charge on any atom is 0.172 e. The number of rotatable bonds is 0. The summed E-state index contributed by atoms with van der Waals surface area (Å²) in [4.78, 5) is 0. The number of nitrogens with two attached hydrogens (primary N) is 2. The van der Waals surface area contributed by atoms with Gasteiger partial charge < -0.3 is 30.6 Å². The molecule has 0 heterocycles. The first-order valence-corrected chi connectivity index (χ1v) is 3.88. The Bertz CT molecular complexity index is 210. The van der Waals surface area contributed by atoms with E-state index in [1.165, 1.54) is 0 Å². The minimum atomic E-state index is -2.69. The van der Waals surface area contributed by atoms with E-state index in [9.17, 15) is 15.3 Å². The normalized spacial score (nSPS) is 60.0. The quantitative estimate of drug-likeness (QED) is 0.183. The third-order valence-electron chi connectivity index (χ3n) is 2.47. The molecule has 0 radical (unpaired) electrons. The van der Waals surface area contributed by atoms with Crippen LogP contribution in [0.25, 0.3) is 0 Å². The lowest BCUT2D eigenvalue weighted by molar-refractivity contribution is -0.301. The highest BCUT2D eigenvalue weighted by Crippen LogP contribution is 2.30. The van der Waals surface area contributed by atoms with Gasteiger partial charge in [0.2, 0.25) is 0 Å². The summed E-state index contributed by atoms with van der Waals surface area (Å²) in [6.45, 7) is 0. The Kier molecular flexibility index (Phi) is 2.59. The third-order valence-corrected chi connectivity index (χ3v) is 2.47. The van der Waals surface area contributed by atoms with E-state index in [4.69, 9.17) is 26.8 Å². The number of aliphatic hydroxyl groups excluding tert-OH is 4. The van der Waals surface area contributed by atoms with Crippen molar-refractivity contribution in [3.63, 3.8) is 0 Å². The van der Waals surface area contributed by atoms with E-state index in [0.717, 1.165) is 0 Å². The van der Waals surface area contributed by atoms with Crippen LogP contribution in [0.5, 0.6) is 0 Å². The summed E-state index contributed by atoms with van der Waals surface area (Å²) in [6, 6.07) is 0. The lowest BCUT2D eigenvalue weighted by atomic mass is 9.77. The summed E-state index contributed by atoms with van der Waals surface area (Å²) in [6.07, 6.45) is -8.18. The highest BCUT2D eigenvalue weighted by Gasteiger charge is 2.62. The average molecular weight is 210 g/mol. The van der Waals surface area contributed by atoms with Gasteiger partial charge in [-0.05, 0) is 0 Å². The minimum Gasteiger partial charge on any atom is -0.387 e. The molecule has 0 bridgehead atoms. The van der Waals surface area contributed by atoms with E-state index in [0.29, 0.717) is 0 Å². The molecule has 0 aromatic heterocycles. The first-order valence-electron chi connectivity index (χ1n) is 3.88. The van der Waals surface area contributed by atoms with Gasteiger partial charge >= 0.3 is 0 Å². The number of aliphatic hydroxyl groups is 6. The SMILES string of the molecule is N[C@@]1(O)C(O)[C@@](N)(O)[C@H](O)C(O)[C@H]1O. The van der Waals surface area contributed by atoms with Gasteiger partial charge in [0.05, 0.1) is 0 Å². The van der Waals surface area contributed by atoms with Crippen LogP contribution in [0.3, 0.4) is 0 Å². The average Bonchev–Trinajstić information content (AvgIpc) is 2.11. The Morgan fingerprint density at radius 3 is 1.36 bits per heavy atom. The van der Waals surface area contributed by atoms with Crippen LogP contribution in [0, 0.1) is 0 Å². The Morgan fingerprint density at radius 1 is 0.786 bits per heavy atom. The van der Waals surface area contributed by atoms with E-state index in [1.54, 1.807) is 0 Å². The molecular weight excluding hydrogens is 196 g/mol. The largest absolute Gasteiger partial charge is 0.387 e. The second-order valence-electron chi connectivity index (χ2n) is 3.56. The van der Waals surface area contributed by atoms with E-state index in [-0.39, 0.29) is 0 Å². The highest BCUT2D eigenvalue weighted by molar-refractivity contribution is 5.10. The molecule has 8 heteroatoms. The lowest BCUT2D eigenvalue weighted by Gasteiger charge is -2.50. The summed E-state index contributed by atoms with van der Waals surface area (Å²) in [5, 5.41) is 55.3. The van der Waals surface area contributed by atoms with Crippen molar-refractivity contribution in [2.24, 2.45) is 11.5 Å². The van der Waals surface area contributed by atoms with Crippen molar-refractivity contribution in [3.8, 4) is 0 Å². The summed E-state index contributed by atoms with van der Waals surface area (Å²) in [5.74, 6) is 0. The van der Waals surface area contributed by atoms with Crippen molar-refractivity contribution in [1.29, 1.82) is 0 Å². The second kappa shape index (κ2) is 3.08. The molecule has 1 rings (SSSR count). The summed E-state index contributed by atoms with van der Waals surface area (Å²) in [7, 11) is 0. The van der Waals surface area contributed by atoms with E-state index < -0.39 is 35.9 Å². The predicted octanol–water partition coefficient (Wildman–Crippen LogP) is -5.26. The molecule has 0 unspecified atom stereocenters. The summed E-state index contributed by atoms with van der Waals surface area (Å²) < 4.78 is 0. The number of hydrogen-bond donors (Lipinski definition) is 8. The highest BCUT2D eigenvalue weighted by atomic mass is 16.4. The van der Waals surface area contributed by atoms with Gasteiger partial charge in [-0.15, -0.1) is 0 Å². The molecule has 1 aliphatic rings. The van der Waals surface area contributed by atoms with Crippen LogP contribution >= 0.6 is 0 Å². The number of hydrogen-bond acceptors (Lipinski definition) is 8. The van der Waals surface area contributed by atoms with Crippen LogP contribution in [0.1, 0.15) is 0 Å². The lowest BCUT2D eigenvalue weighted by Crippen LogP contribution is -2.82.